The molecule has 1 aliphatic carbocycles. The van der Waals surface area contributed by atoms with Gasteiger partial charge in [-0.15, -0.1) is 0 Å². The summed E-state index contributed by atoms with van der Waals surface area (Å²) in [6.07, 6.45) is 6.23. The van der Waals surface area contributed by atoms with Crippen molar-refractivity contribution in [1.29, 1.82) is 0 Å². The molecule has 1 heterocycles. The molecule has 0 fully saturated rings. The number of hydrogen-bond acceptors (Lipinski definition) is 2. The van der Waals surface area contributed by atoms with Crippen LogP contribution in [0.4, 0.5) is 0 Å². The fraction of sp³-hybridized carbons (Fsp3) is 0.545. The normalized spacial score (nSPS) is 27.5. The van der Waals surface area contributed by atoms with Crippen molar-refractivity contribution in [3.8, 4) is 0 Å². The Labute approximate surface area is 84.6 Å². The van der Waals surface area contributed by atoms with E-state index < -0.39 is 0 Å². The molecule has 0 aromatic carbocycles. The highest BCUT2D eigenvalue weighted by atomic mass is 15.3. The van der Waals surface area contributed by atoms with Gasteiger partial charge in [0.1, 0.15) is 0 Å². The smallest absolute Gasteiger partial charge is 0.0636 e. The van der Waals surface area contributed by atoms with Crippen LogP contribution in [0, 0.1) is 5.92 Å². The quantitative estimate of drug-likeness (QED) is 0.732. The van der Waals surface area contributed by atoms with E-state index in [-0.39, 0.29) is 6.04 Å². The fourth-order valence-corrected chi connectivity index (χ4v) is 2.20. The summed E-state index contributed by atoms with van der Waals surface area (Å²) in [5, 5.41) is 4.18. The molecule has 0 radical (unpaired) electrons. The maximum Gasteiger partial charge on any atom is 0.0636 e. The van der Waals surface area contributed by atoms with Crippen LogP contribution in [0.3, 0.4) is 0 Å². The van der Waals surface area contributed by atoms with Crippen molar-refractivity contribution >= 4 is 5.57 Å². The Balaban J connectivity index is 2.30. The summed E-state index contributed by atoms with van der Waals surface area (Å²) in [4.78, 5) is 0. The van der Waals surface area contributed by atoms with E-state index in [1.807, 2.05) is 17.9 Å². The minimum absolute atomic E-state index is 0.212. The monoisotopic (exact) mass is 191 g/mol. The van der Waals surface area contributed by atoms with E-state index in [1.165, 1.54) is 11.3 Å². The van der Waals surface area contributed by atoms with Gasteiger partial charge in [-0.2, -0.15) is 5.10 Å². The van der Waals surface area contributed by atoms with Crippen molar-refractivity contribution in [1.82, 2.24) is 9.78 Å². The van der Waals surface area contributed by atoms with Crippen LogP contribution in [0.1, 0.15) is 25.5 Å². The van der Waals surface area contributed by atoms with Crippen LogP contribution in [0.2, 0.25) is 0 Å². The van der Waals surface area contributed by atoms with Gasteiger partial charge in [0.15, 0.2) is 0 Å². The second-order valence-electron chi connectivity index (χ2n) is 4.24. The molecule has 1 aromatic heterocycles. The van der Waals surface area contributed by atoms with Crippen LogP contribution in [0.5, 0.6) is 0 Å². The second-order valence-corrected chi connectivity index (χ2v) is 4.24. The molecule has 3 nitrogen and oxygen atoms in total. The number of nitrogens with zero attached hydrogens (tertiary/aromatic N) is 2. The van der Waals surface area contributed by atoms with Crippen LogP contribution in [0.15, 0.2) is 18.3 Å². The minimum Gasteiger partial charge on any atom is -0.324 e. The first-order valence-corrected chi connectivity index (χ1v) is 5.11. The maximum absolute atomic E-state index is 5.97. The lowest BCUT2D eigenvalue weighted by Gasteiger charge is -2.23. The zero-order valence-electron chi connectivity index (χ0n) is 8.77. The van der Waals surface area contributed by atoms with Gasteiger partial charge in [-0.3, -0.25) is 4.68 Å². The molecule has 0 saturated carbocycles. The largest absolute Gasteiger partial charge is 0.324 e. The van der Waals surface area contributed by atoms with E-state index in [0.717, 1.165) is 12.8 Å². The van der Waals surface area contributed by atoms with Gasteiger partial charge >= 0.3 is 0 Å². The van der Waals surface area contributed by atoms with Gasteiger partial charge in [0.2, 0.25) is 0 Å². The highest BCUT2D eigenvalue weighted by Gasteiger charge is 2.18. The van der Waals surface area contributed by atoms with Gasteiger partial charge in [-0.25, -0.2) is 0 Å². The number of aryl methyl sites for hydroxylation is 1. The first kappa shape index (κ1) is 9.46. The van der Waals surface area contributed by atoms with Crippen LogP contribution in [0.25, 0.3) is 5.57 Å². The predicted molar refractivity (Wildman–Crippen MR) is 57.6 cm³/mol. The molecule has 0 spiro atoms. The minimum atomic E-state index is 0.212. The van der Waals surface area contributed by atoms with Crippen molar-refractivity contribution in [2.75, 3.05) is 0 Å². The number of rotatable bonds is 1. The van der Waals surface area contributed by atoms with Gasteiger partial charge in [0.25, 0.3) is 0 Å². The molecule has 1 aromatic rings. The Hall–Kier alpha value is -1.09. The third kappa shape index (κ3) is 1.73. The Kier molecular flexibility index (Phi) is 2.42. The molecule has 2 rings (SSSR count). The summed E-state index contributed by atoms with van der Waals surface area (Å²) >= 11 is 0. The Bertz CT molecular complexity index is 351. The summed E-state index contributed by atoms with van der Waals surface area (Å²) < 4.78 is 1.91. The maximum atomic E-state index is 5.97. The highest BCUT2D eigenvalue weighted by molar-refractivity contribution is 5.64. The molecule has 0 amide bonds. The Morgan fingerprint density at radius 3 is 2.93 bits per heavy atom. The van der Waals surface area contributed by atoms with Crippen molar-refractivity contribution in [2.24, 2.45) is 18.7 Å². The van der Waals surface area contributed by atoms with Crippen LogP contribution in [-0.4, -0.2) is 15.8 Å². The number of allylic oxidation sites excluding steroid dienone is 1. The topological polar surface area (TPSA) is 43.8 Å². The summed E-state index contributed by atoms with van der Waals surface area (Å²) in [7, 11) is 1.97. The zero-order chi connectivity index (χ0) is 10.1. The van der Waals surface area contributed by atoms with E-state index >= 15 is 0 Å². The first-order valence-electron chi connectivity index (χ1n) is 5.11. The van der Waals surface area contributed by atoms with Crippen molar-refractivity contribution in [2.45, 2.75) is 25.8 Å². The Morgan fingerprint density at radius 2 is 2.36 bits per heavy atom. The molecule has 3 heteroatoms. The molecule has 14 heavy (non-hydrogen) atoms. The standard InChI is InChI=1S/C11H17N3/c1-8-5-9(7-10(12)6-8)11-3-4-13-14(11)2/h3-4,7-8,10H,5-6,12H2,1-2H3. The molecule has 0 bridgehead atoms. The van der Waals surface area contributed by atoms with E-state index in [4.69, 9.17) is 5.73 Å². The van der Waals surface area contributed by atoms with E-state index in [1.54, 1.807) is 0 Å². The van der Waals surface area contributed by atoms with Gasteiger partial charge in [-0.05, 0) is 30.4 Å². The molecule has 0 aliphatic heterocycles. The summed E-state index contributed by atoms with van der Waals surface area (Å²) in [5.74, 6) is 0.680. The summed E-state index contributed by atoms with van der Waals surface area (Å²) in [6.45, 7) is 2.25. The molecule has 76 valence electrons. The Morgan fingerprint density at radius 1 is 1.57 bits per heavy atom. The number of aromatic nitrogens is 2. The third-order valence-electron chi connectivity index (χ3n) is 2.81. The lowest BCUT2D eigenvalue weighted by Crippen LogP contribution is -2.24. The average molecular weight is 191 g/mol. The van der Waals surface area contributed by atoms with Crippen LogP contribution in [-0.2, 0) is 7.05 Å². The third-order valence-corrected chi connectivity index (χ3v) is 2.81. The lowest BCUT2D eigenvalue weighted by molar-refractivity contribution is 0.493. The molecule has 1 aliphatic rings. The second kappa shape index (κ2) is 3.58. The van der Waals surface area contributed by atoms with Gasteiger partial charge in [0, 0.05) is 19.3 Å². The van der Waals surface area contributed by atoms with Crippen LogP contribution >= 0.6 is 0 Å². The van der Waals surface area contributed by atoms with Crippen molar-refractivity contribution < 1.29 is 0 Å². The van der Waals surface area contributed by atoms with Crippen molar-refractivity contribution in [3.05, 3.63) is 24.0 Å². The molecular weight excluding hydrogens is 174 g/mol. The van der Waals surface area contributed by atoms with E-state index in [2.05, 4.69) is 24.2 Å². The molecule has 2 unspecified atom stereocenters. The molecular formula is C11H17N3. The average Bonchev–Trinajstić information content (AvgIpc) is 2.49. The van der Waals surface area contributed by atoms with Gasteiger partial charge in [0.05, 0.1) is 5.69 Å². The molecule has 0 saturated heterocycles. The van der Waals surface area contributed by atoms with Crippen molar-refractivity contribution in [3.63, 3.8) is 0 Å². The lowest BCUT2D eigenvalue weighted by atomic mass is 9.86. The highest BCUT2D eigenvalue weighted by Crippen LogP contribution is 2.29. The fourth-order valence-electron chi connectivity index (χ4n) is 2.20. The van der Waals surface area contributed by atoms with Gasteiger partial charge in [-0.1, -0.05) is 13.0 Å². The molecule has 2 N–H and O–H groups in total. The van der Waals surface area contributed by atoms with Crippen LogP contribution < -0.4 is 5.73 Å². The van der Waals surface area contributed by atoms with E-state index in [9.17, 15) is 0 Å². The summed E-state index contributed by atoms with van der Waals surface area (Å²) in [6, 6.07) is 2.26. The SMILES string of the molecule is CC1CC(c2ccnn2C)=CC(N)C1. The van der Waals surface area contributed by atoms with E-state index in [0.29, 0.717) is 5.92 Å². The predicted octanol–water partition coefficient (Wildman–Crippen LogP) is 1.56. The number of nitrogens with two attached hydrogens (primary N) is 1. The number of hydrogen-bond donors (Lipinski definition) is 1. The first-order chi connectivity index (χ1) is 6.66. The zero-order valence-corrected chi connectivity index (χ0v) is 8.77. The molecule has 2 atom stereocenters. The van der Waals surface area contributed by atoms with Gasteiger partial charge < -0.3 is 5.73 Å². The summed E-state index contributed by atoms with van der Waals surface area (Å²) in [5.41, 5.74) is 8.51.